The summed E-state index contributed by atoms with van der Waals surface area (Å²) < 4.78 is 29.2. The number of amides is 1. The second-order valence-electron chi connectivity index (χ2n) is 7.62. The normalized spacial score (nSPS) is 15.3. The van der Waals surface area contributed by atoms with E-state index in [1.807, 2.05) is 25.1 Å². The zero-order valence-corrected chi connectivity index (χ0v) is 18.9. The molecule has 0 radical (unpaired) electrons. The highest BCUT2D eigenvalue weighted by Gasteiger charge is 2.31. The third-order valence-electron chi connectivity index (χ3n) is 5.39. The molecule has 0 bridgehead atoms. The lowest BCUT2D eigenvalue weighted by Gasteiger charge is -2.34. The largest absolute Gasteiger partial charge is 0.336 e. The van der Waals surface area contributed by atoms with E-state index in [1.54, 1.807) is 47.0 Å². The number of carbonyl (C=O) groups excluding carboxylic acids is 1. The number of hydrogen-bond acceptors (Lipinski definition) is 4. The fourth-order valence-electron chi connectivity index (χ4n) is 3.71. The lowest BCUT2D eigenvalue weighted by molar-refractivity contribution is 0.0698. The van der Waals surface area contributed by atoms with Crippen LogP contribution in [0.25, 0.3) is 5.69 Å². The molecule has 7 nitrogen and oxygen atoms in total. The fraction of sp³-hybridized carbons (Fsp3) is 0.273. The monoisotopic (exact) mass is 458 g/mol. The van der Waals surface area contributed by atoms with Gasteiger partial charge in [0.25, 0.3) is 5.91 Å². The Hall–Kier alpha value is -2.68. The number of aromatic nitrogens is 2. The number of piperazine rings is 1. The van der Waals surface area contributed by atoms with Crippen molar-refractivity contribution >= 4 is 27.5 Å². The van der Waals surface area contributed by atoms with Gasteiger partial charge in [-0.25, -0.2) is 13.1 Å². The molecule has 0 aliphatic carbocycles. The molecule has 3 aromatic rings. The van der Waals surface area contributed by atoms with Gasteiger partial charge in [-0.2, -0.15) is 9.40 Å². The molecule has 31 heavy (non-hydrogen) atoms. The Morgan fingerprint density at radius 2 is 1.68 bits per heavy atom. The van der Waals surface area contributed by atoms with Gasteiger partial charge in [0.2, 0.25) is 10.0 Å². The molecule has 1 fully saturated rings. The Labute approximate surface area is 186 Å². The molecule has 0 spiro atoms. The Bertz CT molecular complexity index is 1210. The maximum atomic E-state index is 13.0. The van der Waals surface area contributed by atoms with E-state index in [9.17, 15) is 13.2 Å². The lowest BCUT2D eigenvalue weighted by Crippen LogP contribution is -2.50. The van der Waals surface area contributed by atoms with Crippen molar-refractivity contribution in [1.82, 2.24) is 19.0 Å². The smallest absolute Gasteiger partial charge is 0.257 e. The van der Waals surface area contributed by atoms with Gasteiger partial charge in [0, 0.05) is 37.4 Å². The fourth-order valence-corrected chi connectivity index (χ4v) is 5.46. The van der Waals surface area contributed by atoms with Crippen LogP contribution in [0, 0.1) is 13.8 Å². The zero-order valence-electron chi connectivity index (χ0n) is 17.3. The second-order valence-corrected chi connectivity index (χ2v) is 9.96. The summed E-state index contributed by atoms with van der Waals surface area (Å²) >= 11 is 5.92. The van der Waals surface area contributed by atoms with Crippen LogP contribution in [-0.2, 0) is 10.0 Å². The number of hydrogen-bond donors (Lipinski definition) is 0. The molecule has 1 saturated heterocycles. The highest BCUT2D eigenvalue weighted by atomic mass is 35.5. The van der Waals surface area contributed by atoms with Gasteiger partial charge >= 0.3 is 0 Å². The van der Waals surface area contributed by atoms with Gasteiger partial charge < -0.3 is 4.90 Å². The minimum atomic E-state index is -3.59. The summed E-state index contributed by atoms with van der Waals surface area (Å²) in [4.78, 5) is 14.9. The van der Waals surface area contributed by atoms with Crippen molar-refractivity contribution < 1.29 is 13.2 Å². The van der Waals surface area contributed by atoms with E-state index >= 15 is 0 Å². The Kier molecular flexibility index (Phi) is 5.88. The molecule has 0 saturated carbocycles. The summed E-state index contributed by atoms with van der Waals surface area (Å²) in [7, 11) is -3.59. The molecule has 1 aliphatic rings. The van der Waals surface area contributed by atoms with E-state index in [0.29, 0.717) is 28.6 Å². The third kappa shape index (κ3) is 4.37. The molecule has 4 rings (SSSR count). The standard InChI is InChI=1S/C22H23ClN4O3S/c1-16-3-8-21(17(2)13-16)31(29,30)26-11-9-25(10-12-26)22(28)18-14-24-27(15-18)20-6-4-19(23)5-7-20/h3-8,13-15H,9-12H2,1-2H3. The molecule has 0 N–H and O–H groups in total. The van der Waals surface area contributed by atoms with Crippen molar-refractivity contribution in [1.29, 1.82) is 0 Å². The van der Waals surface area contributed by atoms with E-state index in [0.717, 1.165) is 16.8 Å². The number of benzene rings is 2. The van der Waals surface area contributed by atoms with Crippen LogP contribution in [0.5, 0.6) is 0 Å². The van der Waals surface area contributed by atoms with Crippen LogP contribution in [0.4, 0.5) is 0 Å². The van der Waals surface area contributed by atoms with Crippen molar-refractivity contribution in [3.8, 4) is 5.69 Å². The Balaban J connectivity index is 1.44. The molecule has 9 heteroatoms. The summed E-state index contributed by atoms with van der Waals surface area (Å²) in [6, 6.07) is 12.5. The van der Waals surface area contributed by atoms with Crippen LogP contribution in [0.1, 0.15) is 21.5 Å². The molecule has 1 amide bonds. The van der Waals surface area contributed by atoms with E-state index in [2.05, 4.69) is 5.10 Å². The molecule has 2 aromatic carbocycles. The van der Waals surface area contributed by atoms with Gasteiger partial charge in [0.1, 0.15) is 0 Å². The first-order valence-corrected chi connectivity index (χ1v) is 11.7. The number of nitrogens with zero attached hydrogens (tertiary/aromatic N) is 4. The number of carbonyl (C=O) groups is 1. The van der Waals surface area contributed by atoms with E-state index < -0.39 is 10.0 Å². The van der Waals surface area contributed by atoms with Gasteiger partial charge in [-0.05, 0) is 49.7 Å². The van der Waals surface area contributed by atoms with Crippen molar-refractivity contribution in [2.24, 2.45) is 0 Å². The molecular weight excluding hydrogens is 436 g/mol. The number of rotatable bonds is 4. The van der Waals surface area contributed by atoms with Crippen molar-refractivity contribution in [3.63, 3.8) is 0 Å². The zero-order chi connectivity index (χ0) is 22.2. The Morgan fingerprint density at radius 3 is 2.32 bits per heavy atom. The third-order valence-corrected chi connectivity index (χ3v) is 7.71. The van der Waals surface area contributed by atoms with Crippen LogP contribution >= 0.6 is 11.6 Å². The van der Waals surface area contributed by atoms with Gasteiger partial charge in [-0.3, -0.25) is 4.79 Å². The van der Waals surface area contributed by atoms with Crippen LogP contribution in [0.3, 0.4) is 0 Å². The summed E-state index contributed by atoms with van der Waals surface area (Å²) in [6.07, 6.45) is 3.19. The minimum absolute atomic E-state index is 0.163. The quantitative estimate of drug-likeness (QED) is 0.601. The Morgan fingerprint density at radius 1 is 1.00 bits per heavy atom. The maximum Gasteiger partial charge on any atom is 0.257 e. The number of halogens is 1. The van der Waals surface area contributed by atoms with Gasteiger partial charge in [0.05, 0.1) is 22.3 Å². The molecule has 2 heterocycles. The van der Waals surface area contributed by atoms with Crippen molar-refractivity contribution in [3.05, 3.63) is 76.6 Å². The van der Waals surface area contributed by atoms with Crippen LogP contribution in [-0.4, -0.2) is 59.5 Å². The minimum Gasteiger partial charge on any atom is -0.336 e. The molecule has 0 atom stereocenters. The first kappa shape index (κ1) is 21.5. The average molecular weight is 459 g/mol. The van der Waals surface area contributed by atoms with Crippen LogP contribution in [0.15, 0.2) is 59.8 Å². The van der Waals surface area contributed by atoms with Crippen LogP contribution < -0.4 is 0 Å². The summed E-state index contributed by atoms with van der Waals surface area (Å²) in [6.45, 7) is 4.91. The SMILES string of the molecule is Cc1ccc(S(=O)(=O)N2CCN(C(=O)c3cnn(-c4ccc(Cl)cc4)c3)CC2)c(C)c1. The molecule has 0 unspecified atom stereocenters. The lowest BCUT2D eigenvalue weighted by atomic mass is 10.2. The van der Waals surface area contributed by atoms with Gasteiger partial charge in [-0.15, -0.1) is 0 Å². The van der Waals surface area contributed by atoms with E-state index in [-0.39, 0.29) is 19.0 Å². The summed E-state index contributed by atoms with van der Waals surface area (Å²) in [5, 5.41) is 4.89. The predicted octanol–water partition coefficient (Wildman–Crippen LogP) is 3.29. The topological polar surface area (TPSA) is 75.5 Å². The first-order valence-electron chi connectivity index (χ1n) is 9.93. The van der Waals surface area contributed by atoms with Gasteiger partial charge in [0.15, 0.2) is 0 Å². The predicted molar refractivity (Wildman–Crippen MR) is 119 cm³/mol. The molecular formula is C22H23ClN4O3S. The summed E-state index contributed by atoms with van der Waals surface area (Å²) in [5.41, 5.74) is 3.01. The molecule has 162 valence electrons. The summed E-state index contributed by atoms with van der Waals surface area (Å²) in [5.74, 6) is -0.163. The van der Waals surface area contributed by atoms with Crippen molar-refractivity contribution in [2.75, 3.05) is 26.2 Å². The van der Waals surface area contributed by atoms with E-state index in [4.69, 9.17) is 11.6 Å². The van der Waals surface area contributed by atoms with Crippen LogP contribution in [0.2, 0.25) is 5.02 Å². The highest BCUT2D eigenvalue weighted by molar-refractivity contribution is 7.89. The number of sulfonamides is 1. The van der Waals surface area contributed by atoms with Crippen molar-refractivity contribution in [2.45, 2.75) is 18.7 Å². The molecule has 1 aromatic heterocycles. The molecule has 1 aliphatic heterocycles. The highest BCUT2D eigenvalue weighted by Crippen LogP contribution is 2.23. The average Bonchev–Trinajstić information content (AvgIpc) is 3.24. The van der Waals surface area contributed by atoms with Gasteiger partial charge in [-0.1, -0.05) is 29.3 Å². The second kappa shape index (κ2) is 8.45. The van der Waals surface area contributed by atoms with E-state index in [1.165, 1.54) is 10.5 Å². The number of aryl methyl sites for hydroxylation is 2. The first-order chi connectivity index (χ1) is 14.8. The maximum absolute atomic E-state index is 13.0.